The minimum atomic E-state index is -0.572. The quantitative estimate of drug-likeness (QED) is 0.799. The van der Waals surface area contributed by atoms with E-state index < -0.39 is 5.82 Å². The van der Waals surface area contributed by atoms with Gasteiger partial charge in [-0.3, -0.25) is 14.5 Å². The van der Waals surface area contributed by atoms with Crippen molar-refractivity contribution in [1.29, 1.82) is 0 Å². The zero-order chi connectivity index (χ0) is 18.7. The molecule has 2 aromatic carbocycles. The molecule has 0 saturated carbocycles. The third-order valence-corrected chi connectivity index (χ3v) is 4.57. The Balaban J connectivity index is 2.00. The molecule has 3 rings (SSSR count). The average Bonchev–Trinajstić information content (AvgIpc) is 3.06. The number of nitrogens with zero attached hydrogens (tertiary/aromatic N) is 2. The number of anilines is 1. The lowest BCUT2D eigenvalue weighted by atomic mass is 10.1. The first-order valence-electron chi connectivity index (χ1n) is 8.19. The van der Waals surface area contributed by atoms with Gasteiger partial charge in [0.15, 0.2) is 0 Å². The summed E-state index contributed by atoms with van der Waals surface area (Å²) >= 11 is 5.89. The lowest BCUT2D eigenvalue weighted by Gasteiger charge is -2.28. The molecule has 0 unspecified atom stereocenters. The molecule has 1 aliphatic heterocycles. The highest BCUT2D eigenvalue weighted by molar-refractivity contribution is 6.31. The van der Waals surface area contributed by atoms with Gasteiger partial charge in [-0.2, -0.15) is 0 Å². The number of rotatable bonds is 5. The van der Waals surface area contributed by atoms with Crippen LogP contribution in [0.25, 0.3) is 0 Å². The van der Waals surface area contributed by atoms with Crippen molar-refractivity contribution in [3.63, 3.8) is 0 Å². The van der Waals surface area contributed by atoms with Crippen molar-refractivity contribution in [2.75, 3.05) is 25.2 Å². The minimum absolute atomic E-state index is 0.0176. The molecule has 2 amide bonds. The molecule has 5 nitrogen and oxygen atoms in total. The number of carbonyl (C=O) groups is 2. The molecule has 0 radical (unpaired) electrons. The summed E-state index contributed by atoms with van der Waals surface area (Å²) in [6, 6.07) is 10.9. The van der Waals surface area contributed by atoms with Crippen molar-refractivity contribution in [3.8, 4) is 5.75 Å². The molecule has 0 bridgehead atoms. The third-order valence-electron chi connectivity index (χ3n) is 4.28. The molecule has 1 aliphatic rings. The summed E-state index contributed by atoms with van der Waals surface area (Å²) < 4.78 is 18.8. The van der Waals surface area contributed by atoms with Crippen molar-refractivity contribution in [2.24, 2.45) is 0 Å². The number of carbonyl (C=O) groups excluding carboxylic acids is 2. The Bertz CT molecular complexity index is 843. The Morgan fingerprint density at radius 2 is 2.08 bits per heavy atom. The maximum atomic E-state index is 13.6. The van der Waals surface area contributed by atoms with Gasteiger partial charge in [-0.25, -0.2) is 4.39 Å². The monoisotopic (exact) mass is 376 g/mol. The van der Waals surface area contributed by atoms with E-state index in [1.165, 1.54) is 30.2 Å². The zero-order valence-electron chi connectivity index (χ0n) is 14.2. The molecule has 2 aromatic rings. The summed E-state index contributed by atoms with van der Waals surface area (Å²) in [5, 5.41) is -0.0897. The maximum Gasteiger partial charge on any atom is 0.263 e. The number of ether oxygens (including phenoxy) is 1. The van der Waals surface area contributed by atoms with E-state index in [-0.39, 0.29) is 23.5 Å². The lowest BCUT2D eigenvalue weighted by Crippen LogP contribution is -2.42. The minimum Gasteiger partial charge on any atom is -0.496 e. The van der Waals surface area contributed by atoms with Crippen LogP contribution in [0.15, 0.2) is 42.5 Å². The van der Waals surface area contributed by atoms with Crippen LogP contribution in [0, 0.1) is 5.82 Å². The van der Waals surface area contributed by atoms with Crippen molar-refractivity contribution in [2.45, 2.75) is 12.8 Å². The van der Waals surface area contributed by atoms with E-state index in [0.717, 1.165) is 6.42 Å². The molecule has 1 heterocycles. The highest BCUT2D eigenvalue weighted by Crippen LogP contribution is 2.27. The first-order valence-corrected chi connectivity index (χ1v) is 8.56. The molecule has 26 heavy (non-hydrogen) atoms. The Labute approximate surface area is 155 Å². The fourth-order valence-electron chi connectivity index (χ4n) is 2.91. The highest BCUT2D eigenvalue weighted by Gasteiger charge is 2.28. The molecule has 1 fully saturated rings. The average molecular weight is 377 g/mol. The third kappa shape index (κ3) is 3.65. The van der Waals surface area contributed by atoms with Crippen LogP contribution in [0.1, 0.15) is 23.2 Å². The summed E-state index contributed by atoms with van der Waals surface area (Å²) in [5.74, 6) is -0.526. The van der Waals surface area contributed by atoms with Crippen molar-refractivity contribution >= 4 is 29.1 Å². The number of amides is 2. The first kappa shape index (κ1) is 18.2. The highest BCUT2D eigenvalue weighted by atomic mass is 35.5. The molecule has 0 N–H and O–H groups in total. The molecular weight excluding hydrogens is 359 g/mol. The molecule has 0 aliphatic carbocycles. The molecule has 7 heteroatoms. The Kier molecular flexibility index (Phi) is 5.42. The molecular formula is C19H18ClFN2O3. The molecule has 0 atom stereocenters. The van der Waals surface area contributed by atoms with E-state index in [1.54, 1.807) is 29.2 Å². The molecule has 0 aromatic heterocycles. The number of methoxy groups -OCH3 is 1. The van der Waals surface area contributed by atoms with Gasteiger partial charge < -0.3 is 9.64 Å². The van der Waals surface area contributed by atoms with Gasteiger partial charge in [0, 0.05) is 18.7 Å². The lowest BCUT2D eigenvalue weighted by molar-refractivity contribution is -0.127. The summed E-state index contributed by atoms with van der Waals surface area (Å²) in [6.45, 7) is 0.640. The van der Waals surface area contributed by atoms with Crippen molar-refractivity contribution < 1.29 is 18.7 Å². The summed E-state index contributed by atoms with van der Waals surface area (Å²) in [6.07, 6.45) is 1.21. The maximum absolute atomic E-state index is 13.6. The van der Waals surface area contributed by atoms with Gasteiger partial charge in [0.1, 0.15) is 18.2 Å². The number of likely N-dealkylation sites (tertiary alicyclic amines) is 1. The second kappa shape index (κ2) is 7.74. The van der Waals surface area contributed by atoms with E-state index >= 15 is 0 Å². The number of halogens is 2. The van der Waals surface area contributed by atoms with Crippen LogP contribution in [-0.2, 0) is 4.79 Å². The van der Waals surface area contributed by atoms with Crippen molar-refractivity contribution in [3.05, 3.63) is 58.9 Å². The number of hydrogen-bond donors (Lipinski definition) is 0. The molecule has 0 spiro atoms. The smallest absolute Gasteiger partial charge is 0.263 e. The number of benzene rings is 2. The fourth-order valence-corrected chi connectivity index (χ4v) is 3.08. The second-order valence-corrected chi connectivity index (χ2v) is 6.34. The van der Waals surface area contributed by atoms with Crippen LogP contribution in [0.3, 0.4) is 0 Å². The van der Waals surface area contributed by atoms with Crippen LogP contribution in [-0.4, -0.2) is 37.0 Å². The number of hydrogen-bond acceptors (Lipinski definition) is 3. The first-order chi connectivity index (χ1) is 12.5. The number of para-hydroxylation sites is 1. The van der Waals surface area contributed by atoms with Gasteiger partial charge in [-0.05, 0) is 36.8 Å². The van der Waals surface area contributed by atoms with Gasteiger partial charge in [0.2, 0.25) is 5.91 Å². The van der Waals surface area contributed by atoms with E-state index in [9.17, 15) is 14.0 Å². The molecule has 1 saturated heterocycles. The van der Waals surface area contributed by atoms with E-state index in [4.69, 9.17) is 16.3 Å². The largest absolute Gasteiger partial charge is 0.496 e. The van der Waals surface area contributed by atoms with Crippen LogP contribution in [0.2, 0.25) is 5.02 Å². The normalized spacial score (nSPS) is 13.8. The van der Waals surface area contributed by atoms with Crippen LogP contribution in [0.5, 0.6) is 5.75 Å². The fraction of sp³-hybridized carbons (Fsp3) is 0.263. The zero-order valence-corrected chi connectivity index (χ0v) is 15.0. The standard InChI is InChI=1S/C19H18ClFN2O3/c1-26-17-6-3-2-5-14(17)19(25)23(12-22-10-4-7-18(22)24)13-8-9-16(21)15(20)11-13/h2-3,5-6,8-9,11H,4,7,10,12H2,1H3. The Morgan fingerprint density at radius 3 is 2.73 bits per heavy atom. The van der Waals surface area contributed by atoms with Crippen molar-refractivity contribution in [1.82, 2.24) is 4.90 Å². The van der Waals surface area contributed by atoms with E-state index in [1.807, 2.05) is 0 Å². The summed E-state index contributed by atoms with van der Waals surface area (Å²) in [4.78, 5) is 28.2. The summed E-state index contributed by atoms with van der Waals surface area (Å²) in [5.41, 5.74) is 0.758. The van der Waals surface area contributed by atoms with Crippen LogP contribution in [0.4, 0.5) is 10.1 Å². The summed E-state index contributed by atoms with van der Waals surface area (Å²) in [7, 11) is 1.48. The van der Waals surface area contributed by atoms with Gasteiger partial charge in [-0.1, -0.05) is 23.7 Å². The molecule has 136 valence electrons. The van der Waals surface area contributed by atoms with E-state index in [2.05, 4.69) is 0 Å². The van der Waals surface area contributed by atoms with Gasteiger partial charge in [0.05, 0.1) is 17.7 Å². The predicted octanol–water partition coefficient (Wildman–Crippen LogP) is 3.71. The predicted molar refractivity (Wildman–Crippen MR) is 97.0 cm³/mol. The van der Waals surface area contributed by atoms with Gasteiger partial charge >= 0.3 is 0 Å². The Hall–Kier alpha value is -2.60. The van der Waals surface area contributed by atoms with Crippen LogP contribution >= 0.6 is 11.6 Å². The van der Waals surface area contributed by atoms with Gasteiger partial charge in [-0.15, -0.1) is 0 Å². The topological polar surface area (TPSA) is 49.9 Å². The SMILES string of the molecule is COc1ccccc1C(=O)N(CN1CCCC1=O)c1ccc(F)c(Cl)c1. The second-order valence-electron chi connectivity index (χ2n) is 5.93. The Morgan fingerprint density at radius 1 is 1.31 bits per heavy atom. The van der Waals surface area contributed by atoms with Gasteiger partial charge in [0.25, 0.3) is 5.91 Å². The van der Waals surface area contributed by atoms with Crippen LogP contribution < -0.4 is 9.64 Å². The van der Waals surface area contributed by atoms with E-state index in [0.29, 0.717) is 30.0 Å².